The van der Waals surface area contributed by atoms with Crippen molar-refractivity contribution >= 4 is 5.91 Å². The first-order valence-electron chi connectivity index (χ1n) is 9.80. The predicted octanol–water partition coefficient (Wildman–Crippen LogP) is 2.34. The fourth-order valence-corrected chi connectivity index (χ4v) is 3.59. The molecule has 1 N–H and O–H groups in total. The molecule has 1 aliphatic rings. The molecule has 1 fully saturated rings. The minimum Gasteiger partial charge on any atom is -0.497 e. The lowest BCUT2D eigenvalue weighted by atomic mass is 10.2. The molecule has 7 heteroatoms. The number of rotatable bonds is 7. The zero-order valence-corrected chi connectivity index (χ0v) is 16.5. The van der Waals surface area contributed by atoms with Crippen molar-refractivity contribution in [2.24, 2.45) is 0 Å². The van der Waals surface area contributed by atoms with Gasteiger partial charge in [0, 0.05) is 25.7 Å². The van der Waals surface area contributed by atoms with Gasteiger partial charge in [0.1, 0.15) is 5.75 Å². The van der Waals surface area contributed by atoms with Gasteiger partial charge in [-0.25, -0.2) is 4.68 Å². The molecule has 7 nitrogen and oxygen atoms in total. The van der Waals surface area contributed by atoms with Crippen LogP contribution in [0.4, 0.5) is 0 Å². The summed E-state index contributed by atoms with van der Waals surface area (Å²) in [5.74, 6) is 0.642. The standard InChI is InChI=1S/C22H25N5O2/c1-29-20-9-7-18(8-10-20)14-27-16-21(24-25-27)22(28)23-19-11-12-26(15-19)13-17-5-3-2-4-6-17/h2-10,16,19H,11-15H2,1H3,(H,23,28). The van der Waals surface area contributed by atoms with Crippen molar-refractivity contribution in [3.8, 4) is 5.75 Å². The number of methoxy groups -OCH3 is 1. The van der Waals surface area contributed by atoms with Crippen LogP contribution in [0.25, 0.3) is 0 Å². The van der Waals surface area contributed by atoms with Gasteiger partial charge in [-0.2, -0.15) is 0 Å². The molecule has 1 aliphatic heterocycles. The van der Waals surface area contributed by atoms with Gasteiger partial charge in [-0.1, -0.05) is 47.7 Å². The number of amides is 1. The molecule has 3 aromatic rings. The Morgan fingerprint density at radius 2 is 1.86 bits per heavy atom. The molecule has 4 rings (SSSR count). The Balaban J connectivity index is 1.29. The van der Waals surface area contributed by atoms with E-state index >= 15 is 0 Å². The molecule has 0 aliphatic carbocycles. The third kappa shape index (κ3) is 5.00. The zero-order valence-electron chi connectivity index (χ0n) is 16.5. The molecule has 0 spiro atoms. The summed E-state index contributed by atoms with van der Waals surface area (Å²) in [4.78, 5) is 14.9. The topological polar surface area (TPSA) is 72.3 Å². The quantitative estimate of drug-likeness (QED) is 0.669. The first-order valence-corrected chi connectivity index (χ1v) is 9.80. The highest BCUT2D eigenvalue weighted by molar-refractivity contribution is 5.92. The summed E-state index contributed by atoms with van der Waals surface area (Å²) in [6.45, 7) is 3.29. The van der Waals surface area contributed by atoms with Gasteiger partial charge in [0.25, 0.3) is 5.91 Å². The molecule has 1 amide bonds. The second-order valence-corrected chi connectivity index (χ2v) is 7.33. The van der Waals surface area contributed by atoms with Crippen LogP contribution < -0.4 is 10.1 Å². The molecule has 150 valence electrons. The van der Waals surface area contributed by atoms with Gasteiger partial charge >= 0.3 is 0 Å². The highest BCUT2D eigenvalue weighted by atomic mass is 16.5. The van der Waals surface area contributed by atoms with E-state index in [1.165, 1.54) is 5.56 Å². The van der Waals surface area contributed by atoms with Gasteiger partial charge in [0.2, 0.25) is 0 Å². The lowest BCUT2D eigenvalue weighted by Gasteiger charge is -2.16. The van der Waals surface area contributed by atoms with Gasteiger partial charge < -0.3 is 10.1 Å². The Kier molecular flexibility index (Phi) is 5.86. The summed E-state index contributed by atoms with van der Waals surface area (Å²) >= 11 is 0. The molecule has 0 saturated carbocycles. The van der Waals surface area contributed by atoms with E-state index in [9.17, 15) is 4.79 Å². The highest BCUT2D eigenvalue weighted by Crippen LogP contribution is 2.14. The molecular weight excluding hydrogens is 366 g/mol. The van der Waals surface area contributed by atoms with E-state index in [0.717, 1.165) is 37.4 Å². The van der Waals surface area contributed by atoms with Crippen molar-refractivity contribution in [1.29, 1.82) is 0 Å². The van der Waals surface area contributed by atoms with Gasteiger partial charge in [-0.3, -0.25) is 9.69 Å². The van der Waals surface area contributed by atoms with Crippen LogP contribution in [-0.4, -0.2) is 52.0 Å². The van der Waals surface area contributed by atoms with E-state index < -0.39 is 0 Å². The van der Waals surface area contributed by atoms with Crippen molar-refractivity contribution in [1.82, 2.24) is 25.2 Å². The fourth-order valence-electron chi connectivity index (χ4n) is 3.59. The molecule has 2 heterocycles. The van der Waals surface area contributed by atoms with Crippen LogP contribution in [0, 0.1) is 0 Å². The summed E-state index contributed by atoms with van der Waals surface area (Å²) in [6.07, 6.45) is 2.63. The number of aromatic nitrogens is 3. The van der Waals surface area contributed by atoms with E-state index in [0.29, 0.717) is 12.2 Å². The second kappa shape index (κ2) is 8.87. The summed E-state index contributed by atoms with van der Waals surface area (Å²) in [7, 11) is 1.64. The lowest BCUT2D eigenvalue weighted by molar-refractivity contribution is 0.0932. The van der Waals surface area contributed by atoms with Crippen molar-refractivity contribution in [2.45, 2.75) is 25.6 Å². The maximum absolute atomic E-state index is 12.6. The number of benzene rings is 2. The van der Waals surface area contributed by atoms with Gasteiger partial charge in [-0.05, 0) is 29.7 Å². The smallest absolute Gasteiger partial charge is 0.273 e. The van der Waals surface area contributed by atoms with Crippen molar-refractivity contribution in [3.63, 3.8) is 0 Å². The zero-order chi connectivity index (χ0) is 20.1. The van der Waals surface area contributed by atoms with Crippen LogP contribution >= 0.6 is 0 Å². The number of hydrogen-bond acceptors (Lipinski definition) is 5. The van der Waals surface area contributed by atoms with E-state index in [-0.39, 0.29) is 11.9 Å². The summed E-state index contributed by atoms with van der Waals surface area (Å²) in [6, 6.07) is 18.3. The number of nitrogens with one attached hydrogen (secondary N) is 1. The van der Waals surface area contributed by atoms with E-state index in [4.69, 9.17) is 4.74 Å². The molecule has 1 aromatic heterocycles. The number of hydrogen-bond donors (Lipinski definition) is 1. The Hall–Kier alpha value is -3.19. The third-order valence-corrected chi connectivity index (χ3v) is 5.13. The first kappa shape index (κ1) is 19.1. The summed E-state index contributed by atoms with van der Waals surface area (Å²) < 4.78 is 6.84. The first-order chi connectivity index (χ1) is 14.2. The predicted molar refractivity (Wildman–Crippen MR) is 110 cm³/mol. The van der Waals surface area contributed by atoms with Crippen molar-refractivity contribution < 1.29 is 9.53 Å². The largest absolute Gasteiger partial charge is 0.497 e. The molecule has 0 bridgehead atoms. The Morgan fingerprint density at radius 1 is 1.10 bits per heavy atom. The summed E-state index contributed by atoms with van der Waals surface area (Å²) in [5, 5.41) is 11.2. The van der Waals surface area contributed by atoms with Crippen LogP contribution in [0.15, 0.2) is 60.8 Å². The summed E-state index contributed by atoms with van der Waals surface area (Å²) in [5.41, 5.74) is 2.70. The molecular formula is C22H25N5O2. The molecule has 29 heavy (non-hydrogen) atoms. The van der Waals surface area contributed by atoms with E-state index in [2.05, 4.69) is 44.8 Å². The third-order valence-electron chi connectivity index (χ3n) is 5.13. The average molecular weight is 391 g/mol. The maximum atomic E-state index is 12.6. The SMILES string of the molecule is COc1ccc(Cn2cc(C(=O)NC3CCN(Cc4ccccc4)C3)nn2)cc1. The van der Waals surface area contributed by atoms with Crippen molar-refractivity contribution in [2.75, 3.05) is 20.2 Å². The highest BCUT2D eigenvalue weighted by Gasteiger charge is 2.25. The number of carbonyl (C=O) groups excluding carboxylic acids is 1. The monoisotopic (exact) mass is 391 g/mol. The fraction of sp³-hybridized carbons (Fsp3) is 0.318. The van der Waals surface area contributed by atoms with E-state index in [1.807, 2.05) is 30.3 Å². The van der Waals surface area contributed by atoms with Crippen LogP contribution in [0.2, 0.25) is 0 Å². The minimum absolute atomic E-state index is 0.137. The molecule has 0 radical (unpaired) electrons. The molecule has 1 atom stereocenters. The molecule has 2 aromatic carbocycles. The van der Waals surface area contributed by atoms with Crippen LogP contribution in [0.1, 0.15) is 28.0 Å². The number of likely N-dealkylation sites (tertiary alicyclic amines) is 1. The number of carbonyl (C=O) groups is 1. The maximum Gasteiger partial charge on any atom is 0.273 e. The number of nitrogens with zero attached hydrogens (tertiary/aromatic N) is 4. The van der Waals surface area contributed by atoms with Crippen molar-refractivity contribution in [3.05, 3.63) is 77.6 Å². The number of ether oxygens (including phenoxy) is 1. The molecule has 1 unspecified atom stereocenters. The minimum atomic E-state index is -0.169. The van der Waals surface area contributed by atoms with Gasteiger partial charge in [-0.15, -0.1) is 5.10 Å². The van der Waals surface area contributed by atoms with Crippen LogP contribution in [0.3, 0.4) is 0 Å². The Labute approximate surface area is 170 Å². The van der Waals surface area contributed by atoms with Crippen LogP contribution in [-0.2, 0) is 13.1 Å². The molecule has 1 saturated heterocycles. The van der Waals surface area contributed by atoms with Gasteiger partial charge in [0.15, 0.2) is 5.69 Å². The Bertz CT molecular complexity index is 939. The van der Waals surface area contributed by atoms with Crippen LogP contribution in [0.5, 0.6) is 5.75 Å². The average Bonchev–Trinajstić information content (AvgIpc) is 3.39. The normalized spacial score (nSPS) is 16.7. The van der Waals surface area contributed by atoms with Gasteiger partial charge in [0.05, 0.1) is 19.9 Å². The lowest BCUT2D eigenvalue weighted by Crippen LogP contribution is -2.37. The Morgan fingerprint density at radius 3 is 2.62 bits per heavy atom. The van der Waals surface area contributed by atoms with E-state index in [1.54, 1.807) is 18.0 Å². The second-order valence-electron chi connectivity index (χ2n) is 7.33.